The van der Waals surface area contributed by atoms with Gasteiger partial charge in [0.2, 0.25) is 0 Å². The third-order valence-corrected chi connectivity index (χ3v) is 15.1. The first kappa shape index (κ1) is 48.8. The van der Waals surface area contributed by atoms with Gasteiger partial charge in [0.15, 0.2) is 0 Å². The number of hydrogen-bond donors (Lipinski definition) is 0. The molecular weight excluding hydrogens is 1100 g/mol. The first-order valence-electron chi connectivity index (χ1n) is 24.9. The van der Waals surface area contributed by atoms with E-state index in [4.69, 9.17) is 9.97 Å². The molecule has 0 aliphatic heterocycles. The molecule has 0 unspecified atom stereocenters. The van der Waals surface area contributed by atoms with Gasteiger partial charge < -0.3 is 4.57 Å². The van der Waals surface area contributed by atoms with E-state index in [2.05, 4.69) is 181 Å². The Bertz CT molecular complexity index is 4160. The monoisotopic (exact) mass is 1150 g/mol. The number of para-hydroxylation sites is 1. The van der Waals surface area contributed by atoms with Crippen molar-refractivity contribution in [1.29, 1.82) is 0 Å². The van der Waals surface area contributed by atoms with Crippen molar-refractivity contribution < 1.29 is 34.2 Å². The molecule has 8 heteroatoms. The second-order valence-electron chi connectivity index (χ2n) is 21.3. The number of alkyl halides is 3. The number of rotatable bonds is 7. The van der Waals surface area contributed by atoms with Crippen LogP contribution >= 0.6 is 0 Å². The van der Waals surface area contributed by atoms with E-state index in [1.165, 1.54) is 39.9 Å². The number of pyridine rings is 1. The van der Waals surface area contributed by atoms with Gasteiger partial charge in [-0.3, -0.25) is 4.57 Å². The predicted molar refractivity (Wildman–Crippen MR) is 295 cm³/mol. The van der Waals surface area contributed by atoms with Gasteiger partial charge in [0.25, 0.3) is 0 Å². The zero-order valence-electron chi connectivity index (χ0n) is 42.5. The number of benzene rings is 8. The van der Waals surface area contributed by atoms with E-state index in [9.17, 15) is 13.2 Å². The minimum atomic E-state index is -4.55. The maximum absolute atomic E-state index is 14.6. The van der Waals surface area contributed by atoms with Crippen molar-refractivity contribution in [3.8, 4) is 45.1 Å². The molecule has 0 radical (unpaired) electrons. The SMILES string of the molecule is Cc1cc(C)c(-c2ccc3c(c2)c2ccc(-c4cccc5c4nc(-c4ccc(C(C)(C)c6ccccc6)c6c4[cH-]c4ccccc46)n5-c4cccc(C(F)(F)F)c4)[c-]c2n3-c2cc(C(C)(C)C)ccn2)c(C)c1.[Pt+2]. The van der Waals surface area contributed by atoms with Gasteiger partial charge in [-0.05, 0) is 118 Å². The van der Waals surface area contributed by atoms with E-state index in [-0.39, 0.29) is 31.9 Å². The summed E-state index contributed by atoms with van der Waals surface area (Å²) in [7, 11) is 0. The standard InChI is InChI=1S/C66H53F3N4.Pt/c1-39-32-40(2)60(41(3)33-39)44-25-29-56-53(35-44)51-26-24-43(36-58(51)73(56)59-38-46(30-31-70-59)64(4,5)6)50-22-15-23-57-62(50)71-63(72(57)48-20-14-19-47(37-48)66(67,68)69)52-27-28-55(65(7,8)45-17-10-9-11-18-45)61-49-21-13-12-16-42(49)34-54(52)61;/h9-35,37-38H,1-8H3;/q-2;+2. The molecule has 0 aliphatic rings. The Morgan fingerprint density at radius 2 is 1.31 bits per heavy atom. The molecule has 12 aromatic rings. The van der Waals surface area contributed by atoms with Crippen LogP contribution in [0, 0.1) is 26.8 Å². The van der Waals surface area contributed by atoms with Crippen LogP contribution in [-0.4, -0.2) is 19.1 Å². The van der Waals surface area contributed by atoms with Gasteiger partial charge in [0, 0.05) is 22.8 Å². The van der Waals surface area contributed by atoms with Gasteiger partial charge in [-0.1, -0.05) is 160 Å². The van der Waals surface area contributed by atoms with Crippen LogP contribution < -0.4 is 0 Å². The molecule has 0 N–H and O–H groups in total. The minimum absolute atomic E-state index is 0. The van der Waals surface area contributed by atoms with Crippen LogP contribution in [0.1, 0.15) is 73.6 Å². The maximum Gasteiger partial charge on any atom is 2.00 e. The summed E-state index contributed by atoms with van der Waals surface area (Å²) in [6.07, 6.45) is -2.67. The fourth-order valence-electron chi connectivity index (χ4n) is 11.5. The van der Waals surface area contributed by atoms with Gasteiger partial charge in [0.1, 0.15) is 11.6 Å². The number of hydrogen-bond acceptors (Lipinski definition) is 2. The van der Waals surface area contributed by atoms with Gasteiger partial charge in [-0.15, -0.1) is 57.4 Å². The normalized spacial score (nSPS) is 12.4. The van der Waals surface area contributed by atoms with E-state index in [0.717, 1.165) is 88.6 Å². The number of aryl methyl sites for hydroxylation is 3. The topological polar surface area (TPSA) is 35.6 Å². The zero-order chi connectivity index (χ0) is 50.7. The molecule has 0 saturated heterocycles. The molecule has 9 aromatic carbocycles. The van der Waals surface area contributed by atoms with E-state index in [1.807, 2.05) is 41.1 Å². The third-order valence-electron chi connectivity index (χ3n) is 15.1. The molecule has 4 nitrogen and oxygen atoms in total. The summed E-state index contributed by atoms with van der Waals surface area (Å²) in [4.78, 5) is 10.5. The molecule has 12 rings (SSSR count). The maximum atomic E-state index is 14.6. The summed E-state index contributed by atoms with van der Waals surface area (Å²) in [5, 5.41) is 6.36. The van der Waals surface area contributed by atoms with Crippen molar-refractivity contribution in [3.63, 3.8) is 0 Å². The van der Waals surface area contributed by atoms with Crippen LogP contribution in [0.4, 0.5) is 13.2 Å². The van der Waals surface area contributed by atoms with Crippen LogP contribution in [0.25, 0.3) is 99.5 Å². The van der Waals surface area contributed by atoms with Crippen molar-refractivity contribution >= 4 is 54.4 Å². The van der Waals surface area contributed by atoms with Gasteiger partial charge in [0.05, 0.1) is 16.6 Å². The molecule has 0 spiro atoms. The van der Waals surface area contributed by atoms with Crippen LogP contribution in [0.5, 0.6) is 0 Å². The van der Waals surface area contributed by atoms with Gasteiger partial charge >= 0.3 is 27.2 Å². The smallest absolute Gasteiger partial charge is 0.313 e. The fraction of sp³-hybridized carbons (Fsp3) is 0.167. The molecule has 0 amide bonds. The fourth-order valence-corrected chi connectivity index (χ4v) is 11.5. The van der Waals surface area contributed by atoms with Crippen LogP contribution in [-0.2, 0) is 38.1 Å². The van der Waals surface area contributed by atoms with E-state index >= 15 is 0 Å². The zero-order valence-corrected chi connectivity index (χ0v) is 44.8. The molecular formula is C66H53F3N4Pt. The third kappa shape index (κ3) is 7.99. The molecule has 0 aliphatic carbocycles. The molecule has 3 aromatic heterocycles. The quantitative estimate of drug-likeness (QED) is 0.149. The number of aromatic nitrogens is 4. The summed E-state index contributed by atoms with van der Waals surface area (Å²) < 4.78 is 48.0. The van der Waals surface area contributed by atoms with Gasteiger partial charge in [-0.25, -0.2) is 9.97 Å². The second-order valence-corrected chi connectivity index (χ2v) is 21.3. The van der Waals surface area contributed by atoms with E-state index in [0.29, 0.717) is 22.5 Å². The van der Waals surface area contributed by atoms with Crippen molar-refractivity contribution in [2.75, 3.05) is 0 Å². The molecule has 0 atom stereocenters. The summed E-state index contributed by atoms with van der Waals surface area (Å²) in [6.45, 7) is 17.6. The molecule has 368 valence electrons. The number of halogens is 3. The summed E-state index contributed by atoms with van der Waals surface area (Å²) in [5.74, 6) is 1.33. The van der Waals surface area contributed by atoms with Crippen LogP contribution in [0.3, 0.4) is 0 Å². The average Bonchev–Trinajstić information content (AvgIpc) is 4.05. The minimum Gasteiger partial charge on any atom is -0.313 e. The van der Waals surface area contributed by atoms with Gasteiger partial charge in [-0.2, -0.15) is 13.2 Å². The number of imidazole rings is 1. The largest absolute Gasteiger partial charge is 2.00 e. The van der Waals surface area contributed by atoms with Crippen molar-refractivity contribution in [2.24, 2.45) is 0 Å². The Morgan fingerprint density at radius 3 is 2.07 bits per heavy atom. The first-order chi connectivity index (χ1) is 35.0. The van der Waals surface area contributed by atoms with Crippen molar-refractivity contribution in [3.05, 3.63) is 221 Å². The summed E-state index contributed by atoms with van der Waals surface area (Å²) in [5.41, 5.74) is 14.3. The molecule has 74 heavy (non-hydrogen) atoms. The van der Waals surface area contributed by atoms with Crippen LogP contribution in [0.15, 0.2) is 176 Å². The Labute approximate surface area is 443 Å². The predicted octanol–water partition coefficient (Wildman–Crippen LogP) is 17.9. The molecule has 0 saturated carbocycles. The second kappa shape index (κ2) is 17.9. The van der Waals surface area contributed by atoms with Crippen molar-refractivity contribution in [1.82, 2.24) is 19.1 Å². The summed E-state index contributed by atoms with van der Waals surface area (Å²) in [6, 6.07) is 60.5. The Balaban J connectivity index is 0.00000588. The van der Waals surface area contributed by atoms with E-state index < -0.39 is 11.7 Å². The average molecular weight is 1150 g/mol. The molecule has 3 heterocycles. The Hall–Kier alpha value is -7.47. The van der Waals surface area contributed by atoms with Crippen molar-refractivity contribution in [2.45, 2.75) is 72.4 Å². The van der Waals surface area contributed by atoms with E-state index in [1.54, 1.807) is 6.07 Å². The van der Waals surface area contributed by atoms with Crippen LogP contribution in [0.2, 0.25) is 0 Å². The number of nitrogens with zero attached hydrogens (tertiary/aromatic N) is 4. The molecule has 0 bridgehead atoms. The first-order valence-corrected chi connectivity index (χ1v) is 24.9. The Kier molecular flexibility index (Phi) is 11.8. The number of fused-ring (bicyclic) bond motifs is 7. The molecule has 0 fully saturated rings. The Morgan fingerprint density at radius 1 is 0.581 bits per heavy atom. The summed E-state index contributed by atoms with van der Waals surface area (Å²) >= 11 is 0.